The van der Waals surface area contributed by atoms with Gasteiger partial charge in [-0.1, -0.05) is 13.3 Å². The lowest BCUT2D eigenvalue weighted by Crippen LogP contribution is -2.21. The summed E-state index contributed by atoms with van der Waals surface area (Å²) in [5.74, 6) is 0.603. The number of ketones is 1. The van der Waals surface area contributed by atoms with Crippen molar-refractivity contribution in [2.75, 3.05) is 0 Å². The Morgan fingerprint density at radius 2 is 2.33 bits per heavy atom. The summed E-state index contributed by atoms with van der Waals surface area (Å²) in [5.41, 5.74) is 0. The van der Waals surface area contributed by atoms with E-state index in [0.717, 1.165) is 38.4 Å². The van der Waals surface area contributed by atoms with Gasteiger partial charge in [0.15, 0.2) is 0 Å². The van der Waals surface area contributed by atoms with Crippen LogP contribution < -0.4 is 0 Å². The number of aldehydes is 1. The first-order valence-electron chi connectivity index (χ1n) is 4.72. The van der Waals surface area contributed by atoms with Crippen LogP contribution in [-0.4, -0.2) is 12.1 Å². The number of hydrogen-bond acceptors (Lipinski definition) is 2. The lowest BCUT2D eigenvalue weighted by atomic mass is 9.82. The molecule has 0 aliphatic heterocycles. The van der Waals surface area contributed by atoms with Crippen LogP contribution in [0.1, 0.15) is 39.0 Å². The van der Waals surface area contributed by atoms with Crippen LogP contribution in [0.15, 0.2) is 0 Å². The summed E-state index contributed by atoms with van der Waals surface area (Å²) in [6, 6.07) is 0. The molecule has 0 spiro atoms. The van der Waals surface area contributed by atoms with Crippen molar-refractivity contribution in [3.63, 3.8) is 0 Å². The van der Waals surface area contributed by atoms with Crippen LogP contribution in [0.4, 0.5) is 0 Å². The summed E-state index contributed by atoms with van der Waals surface area (Å²) in [7, 11) is 0. The summed E-state index contributed by atoms with van der Waals surface area (Å²) >= 11 is 0. The zero-order valence-corrected chi connectivity index (χ0v) is 7.58. The highest BCUT2D eigenvalue weighted by molar-refractivity contribution is 5.81. The second-order valence-electron chi connectivity index (χ2n) is 3.76. The highest BCUT2D eigenvalue weighted by atomic mass is 16.1. The van der Waals surface area contributed by atoms with Gasteiger partial charge in [0.1, 0.15) is 12.1 Å². The Morgan fingerprint density at radius 1 is 1.58 bits per heavy atom. The van der Waals surface area contributed by atoms with E-state index in [-0.39, 0.29) is 11.8 Å². The molecule has 2 atom stereocenters. The zero-order chi connectivity index (χ0) is 8.97. The number of hydrogen-bond donors (Lipinski definition) is 0. The lowest BCUT2D eigenvalue weighted by Gasteiger charge is -2.21. The van der Waals surface area contributed by atoms with Crippen LogP contribution in [0.25, 0.3) is 0 Å². The fraction of sp³-hybridized carbons (Fsp3) is 0.800. The molecule has 0 saturated heterocycles. The third-order valence-electron chi connectivity index (χ3n) is 2.57. The first kappa shape index (κ1) is 9.43. The van der Waals surface area contributed by atoms with E-state index in [1.54, 1.807) is 0 Å². The summed E-state index contributed by atoms with van der Waals surface area (Å²) < 4.78 is 0. The molecule has 0 bridgehead atoms. The summed E-state index contributed by atoms with van der Waals surface area (Å²) in [6.45, 7) is 1.88. The smallest absolute Gasteiger partial charge is 0.135 e. The molecule has 0 aromatic rings. The Hall–Kier alpha value is -0.660. The molecule has 1 aliphatic rings. The molecule has 0 radical (unpaired) electrons. The van der Waals surface area contributed by atoms with Gasteiger partial charge in [0.25, 0.3) is 0 Å². The molecule has 68 valence electrons. The van der Waals surface area contributed by atoms with Crippen LogP contribution >= 0.6 is 0 Å². The van der Waals surface area contributed by atoms with E-state index < -0.39 is 0 Å². The van der Waals surface area contributed by atoms with Crippen LogP contribution in [0, 0.1) is 11.8 Å². The SMILES string of the molecule is C[C@H](C=O)C[C@@H]1CCCCC1=O. The molecule has 0 heterocycles. The van der Waals surface area contributed by atoms with Crippen molar-refractivity contribution >= 4 is 12.1 Å². The van der Waals surface area contributed by atoms with Gasteiger partial charge in [-0.2, -0.15) is 0 Å². The van der Waals surface area contributed by atoms with E-state index in [0.29, 0.717) is 5.78 Å². The molecule has 12 heavy (non-hydrogen) atoms. The minimum atomic E-state index is 0.0528. The van der Waals surface area contributed by atoms with Crippen molar-refractivity contribution in [1.82, 2.24) is 0 Å². The van der Waals surface area contributed by atoms with Crippen molar-refractivity contribution in [3.05, 3.63) is 0 Å². The molecule has 1 fully saturated rings. The highest BCUT2D eigenvalue weighted by Gasteiger charge is 2.23. The largest absolute Gasteiger partial charge is 0.303 e. The van der Waals surface area contributed by atoms with Gasteiger partial charge in [0.2, 0.25) is 0 Å². The Balaban J connectivity index is 2.38. The highest BCUT2D eigenvalue weighted by Crippen LogP contribution is 2.25. The van der Waals surface area contributed by atoms with Crippen molar-refractivity contribution in [3.8, 4) is 0 Å². The van der Waals surface area contributed by atoms with Crippen molar-refractivity contribution in [2.45, 2.75) is 39.0 Å². The van der Waals surface area contributed by atoms with Gasteiger partial charge in [-0.15, -0.1) is 0 Å². The minimum Gasteiger partial charge on any atom is -0.303 e. The molecule has 0 aromatic carbocycles. The van der Waals surface area contributed by atoms with E-state index in [9.17, 15) is 9.59 Å². The fourth-order valence-corrected chi connectivity index (χ4v) is 1.81. The van der Waals surface area contributed by atoms with Crippen LogP contribution in [0.3, 0.4) is 0 Å². The van der Waals surface area contributed by atoms with Crippen molar-refractivity contribution in [2.24, 2.45) is 11.8 Å². The molecule has 1 rings (SSSR count). The van der Waals surface area contributed by atoms with E-state index >= 15 is 0 Å². The van der Waals surface area contributed by atoms with Crippen LogP contribution in [-0.2, 0) is 9.59 Å². The average molecular weight is 168 g/mol. The van der Waals surface area contributed by atoms with Crippen LogP contribution in [0.2, 0.25) is 0 Å². The molecule has 2 nitrogen and oxygen atoms in total. The summed E-state index contributed by atoms with van der Waals surface area (Å²) in [4.78, 5) is 21.7. The first-order valence-corrected chi connectivity index (χ1v) is 4.72. The maximum absolute atomic E-state index is 11.3. The molecule has 1 saturated carbocycles. The number of Topliss-reactive ketones (excluding diaryl/α,β-unsaturated/α-hetero) is 1. The molecule has 0 amide bonds. The third kappa shape index (κ3) is 2.43. The standard InChI is InChI=1S/C10H16O2/c1-8(7-11)6-9-4-2-3-5-10(9)12/h7-9H,2-6H2,1H3/t8-,9-/m0/s1. The lowest BCUT2D eigenvalue weighted by molar-refractivity contribution is -0.125. The van der Waals surface area contributed by atoms with E-state index in [4.69, 9.17) is 0 Å². The molecule has 0 aromatic heterocycles. The average Bonchev–Trinajstić information content (AvgIpc) is 2.09. The van der Waals surface area contributed by atoms with Crippen molar-refractivity contribution in [1.29, 1.82) is 0 Å². The van der Waals surface area contributed by atoms with E-state index in [2.05, 4.69) is 0 Å². The maximum atomic E-state index is 11.3. The van der Waals surface area contributed by atoms with E-state index in [1.165, 1.54) is 0 Å². The predicted octanol–water partition coefficient (Wildman–Crippen LogP) is 1.97. The van der Waals surface area contributed by atoms with Gasteiger partial charge in [0, 0.05) is 18.3 Å². The Labute approximate surface area is 73.3 Å². The quantitative estimate of drug-likeness (QED) is 0.604. The van der Waals surface area contributed by atoms with Crippen LogP contribution in [0.5, 0.6) is 0 Å². The number of carbonyl (C=O) groups excluding carboxylic acids is 2. The number of rotatable bonds is 3. The Kier molecular flexibility index (Phi) is 3.45. The molecule has 1 aliphatic carbocycles. The zero-order valence-electron chi connectivity index (χ0n) is 7.58. The van der Waals surface area contributed by atoms with Gasteiger partial charge in [-0.05, 0) is 19.3 Å². The Morgan fingerprint density at radius 3 is 2.92 bits per heavy atom. The minimum absolute atomic E-state index is 0.0528. The first-order chi connectivity index (χ1) is 5.74. The molecule has 0 unspecified atom stereocenters. The van der Waals surface area contributed by atoms with E-state index in [1.807, 2.05) is 6.92 Å². The number of carbonyl (C=O) groups is 2. The van der Waals surface area contributed by atoms with Gasteiger partial charge in [0.05, 0.1) is 0 Å². The van der Waals surface area contributed by atoms with Gasteiger partial charge < -0.3 is 4.79 Å². The monoisotopic (exact) mass is 168 g/mol. The topological polar surface area (TPSA) is 34.1 Å². The molecule has 2 heteroatoms. The normalized spacial score (nSPS) is 26.8. The van der Waals surface area contributed by atoms with Gasteiger partial charge in [-0.25, -0.2) is 0 Å². The second kappa shape index (κ2) is 4.39. The van der Waals surface area contributed by atoms with Crippen molar-refractivity contribution < 1.29 is 9.59 Å². The van der Waals surface area contributed by atoms with Gasteiger partial charge in [-0.3, -0.25) is 4.79 Å². The molecule has 0 N–H and O–H groups in total. The predicted molar refractivity (Wildman–Crippen MR) is 46.8 cm³/mol. The Bertz CT molecular complexity index is 175. The third-order valence-corrected chi connectivity index (χ3v) is 2.57. The second-order valence-corrected chi connectivity index (χ2v) is 3.76. The molecular weight excluding hydrogens is 152 g/mol. The summed E-state index contributed by atoms with van der Waals surface area (Å²) in [6.07, 6.45) is 5.64. The van der Waals surface area contributed by atoms with Gasteiger partial charge >= 0.3 is 0 Å². The summed E-state index contributed by atoms with van der Waals surface area (Å²) in [5, 5.41) is 0. The maximum Gasteiger partial charge on any atom is 0.135 e. The molecular formula is C10H16O2. The fourth-order valence-electron chi connectivity index (χ4n) is 1.81.